The minimum atomic E-state index is -3.22. The van der Waals surface area contributed by atoms with Gasteiger partial charge in [0.25, 0.3) is 0 Å². The molecule has 0 saturated heterocycles. The van der Waals surface area contributed by atoms with Crippen molar-refractivity contribution in [2.75, 3.05) is 24.2 Å². The molecule has 0 aliphatic rings. The van der Waals surface area contributed by atoms with E-state index in [1.54, 1.807) is 30.0 Å². The van der Waals surface area contributed by atoms with Gasteiger partial charge < -0.3 is 9.47 Å². The van der Waals surface area contributed by atoms with E-state index in [2.05, 4.69) is 23.7 Å². The van der Waals surface area contributed by atoms with E-state index >= 15 is 0 Å². The topological polar surface area (TPSA) is 54.7 Å². The average molecular weight is 333 g/mol. The van der Waals surface area contributed by atoms with Gasteiger partial charge in [0.2, 0.25) is 0 Å². The third kappa shape index (κ3) is 4.01. The molecule has 0 N–H and O–H groups in total. The molecule has 2 aromatic rings. The molecule has 23 heavy (non-hydrogen) atoms. The lowest BCUT2D eigenvalue weighted by Crippen LogP contribution is -2.21. The van der Waals surface area contributed by atoms with Crippen molar-refractivity contribution >= 4 is 27.4 Å². The fourth-order valence-corrected chi connectivity index (χ4v) is 3.41. The van der Waals surface area contributed by atoms with Crippen molar-refractivity contribution in [1.82, 2.24) is 4.57 Å². The Kier molecular flexibility index (Phi) is 5.26. The largest absolute Gasteiger partial charge is 0.372 e. The lowest BCUT2D eigenvalue weighted by atomic mass is 10.2. The molecule has 0 saturated carbocycles. The van der Waals surface area contributed by atoms with Crippen LogP contribution in [0.3, 0.4) is 0 Å². The second kappa shape index (κ2) is 7.00. The molecule has 0 bridgehead atoms. The van der Waals surface area contributed by atoms with Crippen molar-refractivity contribution in [1.29, 1.82) is 0 Å². The van der Waals surface area contributed by atoms with E-state index in [9.17, 15) is 8.42 Å². The molecule has 1 heterocycles. The molecular formula is C17H23N3O2S. The van der Waals surface area contributed by atoms with Crippen molar-refractivity contribution in [3.63, 3.8) is 0 Å². The van der Waals surface area contributed by atoms with E-state index in [4.69, 9.17) is 0 Å². The highest BCUT2D eigenvalue weighted by atomic mass is 32.2. The summed E-state index contributed by atoms with van der Waals surface area (Å²) < 4.78 is 24.9. The summed E-state index contributed by atoms with van der Waals surface area (Å²) in [5.74, 6) is 0. The monoisotopic (exact) mass is 333 g/mol. The second-order valence-corrected chi connectivity index (χ2v) is 7.34. The van der Waals surface area contributed by atoms with Crippen LogP contribution < -0.4 is 4.90 Å². The molecule has 1 aromatic carbocycles. The van der Waals surface area contributed by atoms with E-state index in [-0.39, 0.29) is 5.03 Å². The zero-order chi connectivity index (χ0) is 17.0. The Morgan fingerprint density at radius 1 is 1.09 bits per heavy atom. The van der Waals surface area contributed by atoms with Gasteiger partial charge in [0.05, 0.1) is 17.6 Å². The van der Waals surface area contributed by atoms with Crippen molar-refractivity contribution in [2.45, 2.75) is 18.9 Å². The maximum Gasteiger partial charge on any atom is 0.190 e. The summed E-state index contributed by atoms with van der Waals surface area (Å²) in [5.41, 5.74) is 2.76. The molecule has 0 spiro atoms. The molecule has 0 aliphatic carbocycles. The van der Waals surface area contributed by atoms with Crippen LogP contribution in [0.15, 0.2) is 46.4 Å². The van der Waals surface area contributed by atoms with Crippen molar-refractivity contribution in [2.24, 2.45) is 12.0 Å². The van der Waals surface area contributed by atoms with E-state index < -0.39 is 9.84 Å². The number of aliphatic imine (C=N–C) groups is 1. The van der Waals surface area contributed by atoms with Crippen LogP contribution in [0.2, 0.25) is 0 Å². The lowest BCUT2D eigenvalue weighted by molar-refractivity contribution is 0.591. The van der Waals surface area contributed by atoms with Gasteiger partial charge in [-0.15, -0.1) is 0 Å². The molecule has 0 radical (unpaired) electrons. The van der Waals surface area contributed by atoms with E-state index in [1.807, 2.05) is 24.3 Å². The van der Waals surface area contributed by atoms with Gasteiger partial charge in [-0.05, 0) is 50.2 Å². The molecule has 2 rings (SSSR count). The summed E-state index contributed by atoms with van der Waals surface area (Å²) in [4.78, 5) is 6.69. The number of aromatic nitrogens is 1. The third-order valence-corrected chi connectivity index (χ3v) is 4.99. The first-order valence-corrected chi connectivity index (χ1v) is 9.50. The smallest absolute Gasteiger partial charge is 0.190 e. The third-order valence-electron chi connectivity index (χ3n) is 3.82. The standard InChI is InChI=1S/C17H23N3O2S/c1-5-20(6-2)15-9-7-14(8-10-15)18-13-16-11-12-17(19(16)3)23(4,21)22/h7-13H,5-6H2,1-4H3. The highest BCUT2D eigenvalue weighted by Gasteiger charge is 2.12. The molecule has 0 fully saturated rings. The number of hydrogen-bond donors (Lipinski definition) is 0. The summed E-state index contributed by atoms with van der Waals surface area (Å²) in [5, 5.41) is 0.288. The first-order chi connectivity index (χ1) is 10.9. The maximum atomic E-state index is 11.6. The molecule has 0 amide bonds. The number of sulfone groups is 1. The van der Waals surface area contributed by atoms with Gasteiger partial charge in [0.15, 0.2) is 9.84 Å². The molecule has 0 aliphatic heterocycles. The Hall–Kier alpha value is -2.08. The molecular weight excluding hydrogens is 310 g/mol. The first kappa shape index (κ1) is 17.3. The Labute approximate surface area is 138 Å². The van der Waals surface area contributed by atoms with Crippen molar-refractivity contribution < 1.29 is 8.42 Å². The van der Waals surface area contributed by atoms with E-state index in [0.717, 1.165) is 24.5 Å². The Bertz CT molecular complexity index is 786. The first-order valence-electron chi connectivity index (χ1n) is 7.61. The predicted octanol–water partition coefficient (Wildman–Crippen LogP) is 3.03. The quantitative estimate of drug-likeness (QED) is 0.764. The molecule has 0 atom stereocenters. The second-order valence-electron chi connectivity index (χ2n) is 5.37. The van der Waals surface area contributed by atoms with Crippen LogP contribution in [0.4, 0.5) is 11.4 Å². The summed E-state index contributed by atoms with van der Waals surface area (Å²) in [6.45, 7) is 6.20. The predicted molar refractivity (Wildman–Crippen MR) is 95.8 cm³/mol. The molecule has 0 unspecified atom stereocenters. The van der Waals surface area contributed by atoms with Crippen LogP contribution in [-0.4, -0.2) is 38.5 Å². The summed E-state index contributed by atoms with van der Waals surface area (Å²) in [7, 11) is -1.50. The Morgan fingerprint density at radius 2 is 1.70 bits per heavy atom. The van der Waals surface area contributed by atoms with Crippen LogP contribution in [0, 0.1) is 0 Å². The van der Waals surface area contributed by atoms with Crippen LogP contribution >= 0.6 is 0 Å². The van der Waals surface area contributed by atoms with Crippen LogP contribution in [-0.2, 0) is 16.9 Å². The van der Waals surface area contributed by atoms with Gasteiger partial charge in [0, 0.05) is 32.1 Å². The number of rotatable bonds is 6. The van der Waals surface area contributed by atoms with Crippen molar-refractivity contribution in [3.05, 3.63) is 42.1 Å². The normalized spacial score (nSPS) is 12.0. The molecule has 5 nitrogen and oxygen atoms in total. The Balaban J connectivity index is 2.20. The number of hydrogen-bond acceptors (Lipinski definition) is 4. The fourth-order valence-electron chi connectivity index (χ4n) is 2.49. The number of anilines is 1. The zero-order valence-corrected chi connectivity index (χ0v) is 14.8. The van der Waals surface area contributed by atoms with Gasteiger partial charge in [-0.25, -0.2) is 8.42 Å². The van der Waals surface area contributed by atoms with Gasteiger partial charge in [-0.3, -0.25) is 4.99 Å². The molecule has 1 aromatic heterocycles. The van der Waals surface area contributed by atoms with Gasteiger partial charge in [0.1, 0.15) is 5.03 Å². The van der Waals surface area contributed by atoms with Crippen LogP contribution in [0.25, 0.3) is 0 Å². The van der Waals surface area contributed by atoms with E-state index in [0.29, 0.717) is 0 Å². The van der Waals surface area contributed by atoms with Crippen LogP contribution in [0.1, 0.15) is 19.5 Å². The number of benzene rings is 1. The summed E-state index contributed by atoms with van der Waals surface area (Å²) in [6, 6.07) is 11.4. The average Bonchev–Trinajstić information content (AvgIpc) is 2.89. The van der Waals surface area contributed by atoms with E-state index in [1.165, 1.54) is 11.9 Å². The maximum absolute atomic E-state index is 11.6. The lowest BCUT2D eigenvalue weighted by Gasteiger charge is -2.20. The van der Waals surface area contributed by atoms with Gasteiger partial charge >= 0.3 is 0 Å². The fraction of sp³-hybridized carbons (Fsp3) is 0.353. The minimum Gasteiger partial charge on any atom is -0.372 e. The van der Waals surface area contributed by atoms with Gasteiger partial charge in [-0.2, -0.15) is 0 Å². The SMILES string of the molecule is CCN(CC)c1ccc(N=Cc2ccc(S(C)(=O)=O)n2C)cc1. The number of nitrogens with zero attached hydrogens (tertiary/aromatic N) is 3. The van der Waals surface area contributed by atoms with Crippen LogP contribution in [0.5, 0.6) is 0 Å². The molecule has 6 heteroatoms. The summed E-state index contributed by atoms with van der Waals surface area (Å²) in [6.07, 6.45) is 2.89. The Morgan fingerprint density at radius 3 is 2.17 bits per heavy atom. The zero-order valence-electron chi connectivity index (χ0n) is 14.0. The minimum absolute atomic E-state index is 0.288. The summed E-state index contributed by atoms with van der Waals surface area (Å²) >= 11 is 0. The highest BCUT2D eigenvalue weighted by Crippen LogP contribution is 2.20. The molecule has 124 valence electrons. The van der Waals surface area contributed by atoms with Crippen molar-refractivity contribution in [3.8, 4) is 0 Å². The van der Waals surface area contributed by atoms with Gasteiger partial charge in [-0.1, -0.05) is 0 Å². The highest BCUT2D eigenvalue weighted by molar-refractivity contribution is 7.90.